The summed E-state index contributed by atoms with van der Waals surface area (Å²) >= 11 is 0. The molecule has 0 heterocycles. The SMILES string of the molecule is NNCCCOc1cccc(F)c1. The first-order valence-corrected chi connectivity index (χ1v) is 4.15. The predicted molar refractivity (Wildman–Crippen MR) is 48.7 cm³/mol. The van der Waals surface area contributed by atoms with Crippen LogP contribution in [0, 0.1) is 5.82 Å². The van der Waals surface area contributed by atoms with Crippen LogP contribution in [-0.2, 0) is 0 Å². The molecule has 0 unspecified atom stereocenters. The molecule has 0 aliphatic rings. The molecule has 0 bridgehead atoms. The Morgan fingerprint density at radius 3 is 3.00 bits per heavy atom. The Morgan fingerprint density at radius 1 is 1.46 bits per heavy atom. The topological polar surface area (TPSA) is 47.3 Å². The van der Waals surface area contributed by atoms with Gasteiger partial charge in [-0.2, -0.15) is 0 Å². The molecule has 0 spiro atoms. The van der Waals surface area contributed by atoms with Gasteiger partial charge in [-0.3, -0.25) is 11.3 Å². The smallest absolute Gasteiger partial charge is 0.126 e. The van der Waals surface area contributed by atoms with E-state index in [-0.39, 0.29) is 5.82 Å². The van der Waals surface area contributed by atoms with E-state index in [1.165, 1.54) is 12.1 Å². The van der Waals surface area contributed by atoms with Gasteiger partial charge in [0.25, 0.3) is 0 Å². The molecule has 0 saturated carbocycles. The zero-order chi connectivity index (χ0) is 9.52. The van der Waals surface area contributed by atoms with Crippen LogP contribution in [0.2, 0.25) is 0 Å². The average Bonchev–Trinajstić information content (AvgIpc) is 2.13. The molecule has 1 aromatic rings. The van der Waals surface area contributed by atoms with Crippen LogP contribution >= 0.6 is 0 Å². The number of hydrogen-bond acceptors (Lipinski definition) is 3. The number of nitrogens with one attached hydrogen (secondary N) is 1. The van der Waals surface area contributed by atoms with Gasteiger partial charge in [0.1, 0.15) is 11.6 Å². The average molecular weight is 184 g/mol. The maximum Gasteiger partial charge on any atom is 0.126 e. The van der Waals surface area contributed by atoms with Crippen molar-refractivity contribution in [2.24, 2.45) is 5.84 Å². The summed E-state index contributed by atoms with van der Waals surface area (Å²) in [6.07, 6.45) is 0.799. The standard InChI is InChI=1S/C9H13FN2O/c10-8-3-1-4-9(7-8)13-6-2-5-12-11/h1,3-4,7,12H,2,5-6,11H2. The Labute approximate surface area is 76.7 Å². The van der Waals surface area contributed by atoms with E-state index < -0.39 is 0 Å². The van der Waals surface area contributed by atoms with Gasteiger partial charge in [-0.25, -0.2) is 4.39 Å². The van der Waals surface area contributed by atoms with E-state index in [0.717, 1.165) is 6.42 Å². The van der Waals surface area contributed by atoms with Crippen molar-refractivity contribution in [2.45, 2.75) is 6.42 Å². The number of rotatable bonds is 5. The molecule has 0 atom stereocenters. The minimum absolute atomic E-state index is 0.283. The second-order valence-corrected chi connectivity index (χ2v) is 2.61. The molecule has 0 radical (unpaired) electrons. The molecule has 0 amide bonds. The number of halogens is 1. The number of benzene rings is 1. The summed E-state index contributed by atoms with van der Waals surface area (Å²) < 4.78 is 17.9. The summed E-state index contributed by atoms with van der Waals surface area (Å²) in [5.74, 6) is 5.34. The molecule has 1 rings (SSSR count). The maximum atomic E-state index is 12.6. The molecule has 72 valence electrons. The molecular formula is C9H13FN2O. The van der Waals surface area contributed by atoms with Crippen molar-refractivity contribution in [2.75, 3.05) is 13.2 Å². The zero-order valence-electron chi connectivity index (χ0n) is 7.29. The second kappa shape index (κ2) is 5.50. The molecule has 0 aliphatic heterocycles. The first-order valence-electron chi connectivity index (χ1n) is 4.15. The number of hydrogen-bond donors (Lipinski definition) is 2. The monoisotopic (exact) mass is 184 g/mol. The van der Waals surface area contributed by atoms with E-state index in [1.807, 2.05) is 0 Å². The van der Waals surface area contributed by atoms with Crippen molar-refractivity contribution >= 4 is 0 Å². The fourth-order valence-corrected chi connectivity index (χ4v) is 0.921. The van der Waals surface area contributed by atoms with Gasteiger partial charge in [-0.05, 0) is 18.6 Å². The lowest BCUT2D eigenvalue weighted by molar-refractivity contribution is 0.307. The van der Waals surface area contributed by atoms with Crippen molar-refractivity contribution < 1.29 is 9.13 Å². The molecule has 3 nitrogen and oxygen atoms in total. The van der Waals surface area contributed by atoms with Crippen molar-refractivity contribution in [3.05, 3.63) is 30.1 Å². The highest BCUT2D eigenvalue weighted by atomic mass is 19.1. The normalized spacial score (nSPS) is 10.0. The second-order valence-electron chi connectivity index (χ2n) is 2.61. The van der Waals surface area contributed by atoms with Crippen LogP contribution in [-0.4, -0.2) is 13.2 Å². The van der Waals surface area contributed by atoms with E-state index in [2.05, 4.69) is 5.43 Å². The minimum atomic E-state index is -0.283. The van der Waals surface area contributed by atoms with Crippen LogP contribution in [0.25, 0.3) is 0 Å². The fourth-order valence-electron chi connectivity index (χ4n) is 0.921. The maximum absolute atomic E-state index is 12.6. The van der Waals surface area contributed by atoms with Crippen molar-refractivity contribution in [3.63, 3.8) is 0 Å². The van der Waals surface area contributed by atoms with Gasteiger partial charge in [0.2, 0.25) is 0 Å². The van der Waals surface area contributed by atoms with Crippen molar-refractivity contribution in [1.82, 2.24) is 5.43 Å². The van der Waals surface area contributed by atoms with E-state index in [4.69, 9.17) is 10.6 Å². The first-order chi connectivity index (χ1) is 6.33. The lowest BCUT2D eigenvalue weighted by atomic mass is 10.3. The van der Waals surface area contributed by atoms with Gasteiger partial charge in [-0.1, -0.05) is 6.07 Å². The van der Waals surface area contributed by atoms with Crippen LogP contribution in [0.15, 0.2) is 24.3 Å². The number of nitrogens with two attached hydrogens (primary N) is 1. The quantitative estimate of drug-likeness (QED) is 0.408. The van der Waals surface area contributed by atoms with E-state index in [1.54, 1.807) is 12.1 Å². The lowest BCUT2D eigenvalue weighted by Gasteiger charge is -2.05. The number of ether oxygens (including phenoxy) is 1. The Kier molecular flexibility index (Phi) is 4.21. The summed E-state index contributed by atoms with van der Waals surface area (Å²) in [5, 5.41) is 0. The lowest BCUT2D eigenvalue weighted by Crippen LogP contribution is -2.24. The predicted octanol–water partition coefficient (Wildman–Crippen LogP) is 1.06. The third kappa shape index (κ3) is 3.87. The third-order valence-electron chi connectivity index (χ3n) is 1.53. The number of hydrazine groups is 1. The van der Waals surface area contributed by atoms with Gasteiger partial charge in [0, 0.05) is 12.6 Å². The summed E-state index contributed by atoms with van der Waals surface area (Å²) in [5.41, 5.74) is 2.51. The van der Waals surface area contributed by atoms with Gasteiger partial charge in [-0.15, -0.1) is 0 Å². The molecule has 0 aliphatic carbocycles. The van der Waals surface area contributed by atoms with Crippen LogP contribution in [0.3, 0.4) is 0 Å². The van der Waals surface area contributed by atoms with Crippen molar-refractivity contribution in [3.8, 4) is 5.75 Å². The fraction of sp³-hybridized carbons (Fsp3) is 0.333. The Bertz CT molecular complexity index is 255. The highest BCUT2D eigenvalue weighted by Gasteiger charge is 1.94. The Balaban J connectivity index is 2.28. The van der Waals surface area contributed by atoms with E-state index >= 15 is 0 Å². The molecule has 0 aromatic heterocycles. The highest BCUT2D eigenvalue weighted by molar-refractivity contribution is 5.22. The third-order valence-corrected chi connectivity index (χ3v) is 1.53. The molecule has 3 N–H and O–H groups in total. The molecule has 13 heavy (non-hydrogen) atoms. The van der Waals surface area contributed by atoms with Crippen LogP contribution in [0.4, 0.5) is 4.39 Å². The van der Waals surface area contributed by atoms with Crippen LogP contribution < -0.4 is 16.0 Å². The van der Waals surface area contributed by atoms with Gasteiger partial charge >= 0.3 is 0 Å². The molecule has 4 heteroatoms. The van der Waals surface area contributed by atoms with Gasteiger partial charge < -0.3 is 4.74 Å². The molecule has 0 saturated heterocycles. The summed E-state index contributed by atoms with van der Waals surface area (Å²) in [6.45, 7) is 1.23. The molecule has 1 aromatic carbocycles. The van der Waals surface area contributed by atoms with Crippen molar-refractivity contribution in [1.29, 1.82) is 0 Å². The first kappa shape index (κ1) is 9.95. The zero-order valence-corrected chi connectivity index (χ0v) is 7.29. The van der Waals surface area contributed by atoms with Gasteiger partial charge in [0.05, 0.1) is 6.61 Å². The molecular weight excluding hydrogens is 171 g/mol. The van der Waals surface area contributed by atoms with Crippen LogP contribution in [0.1, 0.15) is 6.42 Å². The van der Waals surface area contributed by atoms with Crippen LogP contribution in [0.5, 0.6) is 5.75 Å². The highest BCUT2D eigenvalue weighted by Crippen LogP contribution is 2.11. The minimum Gasteiger partial charge on any atom is -0.493 e. The molecule has 0 fully saturated rings. The summed E-state index contributed by atoms with van der Waals surface area (Å²) in [4.78, 5) is 0. The largest absolute Gasteiger partial charge is 0.493 e. The Hall–Kier alpha value is -1.13. The Morgan fingerprint density at radius 2 is 2.31 bits per heavy atom. The summed E-state index contributed by atoms with van der Waals surface area (Å²) in [6, 6.07) is 6.08. The van der Waals surface area contributed by atoms with E-state index in [0.29, 0.717) is 18.9 Å². The summed E-state index contributed by atoms with van der Waals surface area (Å²) in [7, 11) is 0. The van der Waals surface area contributed by atoms with E-state index in [9.17, 15) is 4.39 Å². The van der Waals surface area contributed by atoms with Gasteiger partial charge in [0.15, 0.2) is 0 Å².